The monoisotopic (exact) mass is 549 g/mol. The first-order valence-corrected chi connectivity index (χ1v) is 14.1. The van der Waals surface area contributed by atoms with Crippen molar-refractivity contribution < 1.29 is 4.79 Å². The zero-order chi connectivity index (χ0) is 27.7. The van der Waals surface area contributed by atoms with Crippen molar-refractivity contribution in [2.24, 2.45) is 0 Å². The van der Waals surface area contributed by atoms with Crippen molar-refractivity contribution in [3.8, 4) is 5.69 Å². The predicted octanol–water partition coefficient (Wildman–Crippen LogP) is 3.41. The van der Waals surface area contributed by atoms with E-state index >= 15 is 0 Å². The topological polar surface area (TPSA) is 86.6 Å². The molecular weight excluding hydrogens is 514 g/mol. The first-order valence-electron chi connectivity index (χ1n) is 13.7. The first-order chi connectivity index (χ1) is 18.8. The number of anilines is 2. The van der Waals surface area contributed by atoms with Crippen LogP contribution in [0.4, 0.5) is 11.6 Å². The number of piperazine rings is 2. The lowest BCUT2D eigenvalue weighted by Gasteiger charge is -2.40. The fraction of sp³-hybridized carbons (Fsp3) is 0.448. The van der Waals surface area contributed by atoms with Crippen molar-refractivity contribution in [3.05, 3.63) is 64.1 Å². The van der Waals surface area contributed by atoms with E-state index in [1.807, 2.05) is 31.2 Å². The Morgan fingerprint density at radius 1 is 1.13 bits per heavy atom. The van der Waals surface area contributed by atoms with Crippen LogP contribution in [0.1, 0.15) is 32.8 Å². The number of carbonyl (C=O) groups is 1. The van der Waals surface area contributed by atoms with Gasteiger partial charge in [-0.15, -0.1) is 0 Å². The molecule has 0 aliphatic carbocycles. The molecule has 0 radical (unpaired) electrons. The predicted molar refractivity (Wildman–Crippen MR) is 157 cm³/mol. The molecule has 1 aromatic carbocycles. The number of para-hydroxylation sites is 1. The third-order valence-electron chi connectivity index (χ3n) is 7.69. The number of fused-ring (bicyclic) bond motifs is 1. The molecule has 10 heteroatoms. The lowest BCUT2D eigenvalue weighted by atomic mass is 10.1. The number of hydrogen-bond acceptors (Lipinski definition) is 7. The van der Waals surface area contributed by atoms with Crippen LogP contribution in [0.5, 0.6) is 0 Å². The highest BCUT2D eigenvalue weighted by atomic mass is 35.5. The average molecular weight is 550 g/mol. The Bertz CT molecular complexity index is 1460. The summed E-state index contributed by atoms with van der Waals surface area (Å²) >= 11 is 6.93. The van der Waals surface area contributed by atoms with Gasteiger partial charge in [0.15, 0.2) is 5.65 Å². The summed E-state index contributed by atoms with van der Waals surface area (Å²) in [4.78, 5) is 41.9. The number of aromatic nitrogens is 3. The molecule has 0 spiro atoms. The van der Waals surface area contributed by atoms with Crippen molar-refractivity contribution in [2.75, 3.05) is 49.1 Å². The van der Waals surface area contributed by atoms with E-state index in [0.29, 0.717) is 47.3 Å². The average Bonchev–Trinajstić information content (AvgIpc) is 2.93. The summed E-state index contributed by atoms with van der Waals surface area (Å²) in [6.45, 7) is 13.9. The summed E-state index contributed by atoms with van der Waals surface area (Å²) in [5.74, 6) is 1.12. The number of benzene rings is 1. The molecular formula is C29H36ClN7O2. The standard InChI is InChI=1S/C29H36ClN7O2/c1-5-9-21-10-7-8-11-24(21)37-27-22(16-23(30)28(32-27)35-13-12-31-17-19(35)3)26(33-29(37)39)36-15-14-34(18-20(36)4)25(38)6-2/h6-8,10-11,16,19-20,31H,2,5,9,12-15,17-18H2,1,3-4H3/t19?,20-/m0/s1. The summed E-state index contributed by atoms with van der Waals surface area (Å²) in [6.07, 6.45) is 3.12. The molecule has 206 valence electrons. The first kappa shape index (κ1) is 27.1. The van der Waals surface area contributed by atoms with Gasteiger partial charge in [0.25, 0.3) is 0 Å². The Morgan fingerprint density at radius 3 is 2.62 bits per heavy atom. The third-order valence-corrected chi connectivity index (χ3v) is 7.97. The second kappa shape index (κ2) is 11.4. The maximum Gasteiger partial charge on any atom is 0.355 e. The van der Waals surface area contributed by atoms with E-state index in [9.17, 15) is 9.59 Å². The number of rotatable bonds is 6. The Hall–Kier alpha value is -3.43. The molecule has 0 saturated carbocycles. The van der Waals surface area contributed by atoms with Gasteiger partial charge in [-0.1, -0.05) is 49.7 Å². The molecule has 2 aliphatic heterocycles. The summed E-state index contributed by atoms with van der Waals surface area (Å²) in [5.41, 5.74) is 2.01. The van der Waals surface area contributed by atoms with Crippen molar-refractivity contribution >= 4 is 40.2 Å². The van der Waals surface area contributed by atoms with Crippen LogP contribution in [0.15, 0.2) is 47.8 Å². The van der Waals surface area contributed by atoms with Crippen LogP contribution in [-0.2, 0) is 11.2 Å². The number of amides is 1. The second-order valence-corrected chi connectivity index (χ2v) is 10.8. The van der Waals surface area contributed by atoms with Gasteiger partial charge in [0.2, 0.25) is 5.91 Å². The normalized spacial score (nSPS) is 19.9. The summed E-state index contributed by atoms with van der Waals surface area (Å²) < 4.78 is 1.64. The van der Waals surface area contributed by atoms with Gasteiger partial charge < -0.3 is 20.0 Å². The van der Waals surface area contributed by atoms with Crippen LogP contribution < -0.4 is 20.8 Å². The van der Waals surface area contributed by atoms with E-state index in [2.05, 4.69) is 46.6 Å². The number of halogens is 1. The smallest absolute Gasteiger partial charge is 0.350 e. The number of nitrogens with one attached hydrogen (secondary N) is 1. The summed E-state index contributed by atoms with van der Waals surface area (Å²) in [6, 6.07) is 9.99. The zero-order valence-electron chi connectivity index (χ0n) is 22.9. The lowest BCUT2D eigenvalue weighted by Crippen LogP contribution is -2.54. The maximum atomic E-state index is 13.9. The van der Waals surface area contributed by atoms with Crippen LogP contribution in [-0.4, -0.2) is 76.7 Å². The molecule has 1 unspecified atom stereocenters. The van der Waals surface area contributed by atoms with E-state index in [4.69, 9.17) is 16.6 Å². The molecule has 1 N–H and O–H groups in total. The van der Waals surface area contributed by atoms with Gasteiger partial charge in [-0.25, -0.2) is 14.3 Å². The van der Waals surface area contributed by atoms with Gasteiger partial charge in [-0.3, -0.25) is 4.79 Å². The van der Waals surface area contributed by atoms with Gasteiger partial charge in [-0.2, -0.15) is 4.98 Å². The molecule has 2 fully saturated rings. The largest absolute Gasteiger partial charge is 0.355 e. The lowest BCUT2D eigenvalue weighted by molar-refractivity contribution is -0.126. The number of nitrogens with zero attached hydrogens (tertiary/aromatic N) is 6. The number of aryl methyl sites for hydroxylation is 1. The number of hydrogen-bond donors (Lipinski definition) is 1. The SMILES string of the molecule is C=CC(=O)N1CCN(c2nc(=O)n(-c3ccccc3CCC)c3nc(N4CCNCC4C)c(Cl)cc23)[C@@H](C)C1. The minimum absolute atomic E-state index is 0.0624. The molecule has 2 aromatic heterocycles. The minimum atomic E-state index is -0.382. The third kappa shape index (κ3) is 5.13. The minimum Gasteiger partial charge on any atom is -0.350 e. The fourth-order valence-electron chi connectivity index (χ4n) is 5.70. The zero-order valence-corrected chi connectivity index (χ0v) is 23.6. The summed E-state index contributed by atoms with van der Waals surface area (Å²) in [7, 11) is 0. The van der Waals surface area contributed by atoms with E-state index in [1.54, 1.807) is 9.47 Å². The van der Waals surface area contributed by atoms with Crippen molar-refractivity contribution in [1.82, 2.24) is 24.8 Å². The molecule has 1 amide bonds. The highest BCUT2D eigenvalue weighted by Crippen LogP contribution is 2.35. The Balaban J connectivity index is 1.72. The highest BCUT2D eigenvalue weighted by molar-refractivity contribution is 6.33. The van der Waals surface area contributed by atoms with Crippen LogP contribution >= 0.6 is 11.6 Å². The van der Waals surface area contributed by atoms with Crippen molar-refractivity contribution in [3.63, 3.8) is 0 Å². The molecule has 2 saturated heterocycles. The Morgan fingerprint density at radius 2 is 1.90 bits per heavy atom. The van der Waals surface area contributed by atoms with E-state index in [0.717, 1.165) is 43.7 Å². The Labute approximate surface area is 234 Å². The molecule has 9 nitrogen and oxygen atoms in total. The molecule has 2 atom stereocenters. The van der Waals surface area contributed by atoms with Gasteiger partial charge in [0.1, 0.15) is 11.6 Å². The quantitative estimate of drug-likeness (QED) is 0.472. The van der Waals surface area contributed by atoms with Crippen molar-refractivity contribution in [2.45, 2.75) is 45.7 Å². The van der Waals surface area contributed by atoms with E-state index in [-0.39, 0.29) is 23.7 Å². The molecule has 0 bridgehead atoms. The molecule has 4 heterocycles. The molecule has 2 aliphatic rings. The highest BCUT2D eigenvalue weighted by Gasteiger charge is 2.31. The van der Waals surface area contributed by atoms with Gasteiger partial charge in [0, 0.05) is 51.4 Å². The molecule has 39 heavy (non-hydrogen) atoms. The molecule has 5 rings (SSSR count). The van der Waals surface area contributed by atoms with Crippen molar-refractivity contribution in [1.29, 1.82) is 0 Å². The van der Waals surface area contributed by atoms with Gasteiger partial charge >= 0.3 is 5.69 Å². The maximum absolute atomic E-state index is 13.9. The summed E-state index contributed by atoms with van der Waals surface area (Å²) in [5, 5.41) is 4.66. The molecule has 3 aromatic rings. The number of carbonyl (C=O) groups excluding carboxylic acids is 1. The number of pyridine rings is 1. The van der Waals surface area contributed by atoms with Crippen LogP contribution in [0, 0.1) is 0 Å². The van der Waals surface area contributed by atoms with Crippen LogP contribution in [0.25, 0.3) is 16.7 Å². The van der Waals surface area contributed by atoms with E-state index < -0.39 is 0 Å². The second-order valence-electron chi connectivity index (χ2n) is 10.4. The van der Waals surface area contributed by atoms with Crippen LogP contribution in [0.2, 0.25) is 5.02 Å². The fourth-order valence-corrected chi connectivity index (χ4v) is 5.96. The van der Waals surface area contributed by atoms with Gasteiger partial charge in [-0.05, 0) is 44.0 Å². The van der Waals surface area contributed by atoms with Gasteiger partial charge in [0.05, 0.1) is 16.1 Å². The van der Waals surface area contributed by atoms with E-state index in [1.165, 1.54) is 6.08 Å². The Kier molecular flexibility index (Phi) is 7.91. The van der Waals surface area contributed by atoms with Crippen LogP contribution in [0.3, 0.4) is 0 Å².